The van der Waals surface area contributed by atoms with E-state index in [9.17, 15) is 14.9 Å². The molecule has 2 saturated heterocycles. The fourth-order valence-corrected chi connectivity index (χ4v) is 4.91. The quantitative estimate of drug-likeness (QED) is 0.816. The molecule has 2 heterocycles. The van der Waals surface area contributed by atoms with Crippen molar-refractivity contribution in [3.63, 3.8) is 0 Å². The predicted octanol–water partition coefficient (Wildman–Crippen LogP) is 2.04. The number of hydrogen-bond donors (Lipinski definition) is 0. The van der Waals surface area contributed by atoms with Gasteiger partial charge in [-0.1, -0.05) is 24.3 Å². The van der Waals surface area contributed by atoms with Crippen molar-refractivity contribution in [2.24, 2.45) is 0 Å². The van der Waals surface area contributed by atoms with Gasteiger partial charge in [-0.05, 0) is 30.0 Å². The molecule has 5 nitrogen and oxygen atoms in total. The van der Waals surface area contributed by atoms with Crippen molar-refractivity contribution in [2.45, 2.75) is 31.3 Å². The Morgan fingerprint density at radius 3 is 2.88 bits per heavy atom. The van der Waals surface area contributed by atoms with Crippen LogP contribution in [0.2, 0.25) is 0 Å². The fraction of sp³-hybridized carbons (Fsp3) is 0.421. The van der Waals surface area contributed by atoms with Crippen molar-refractivity contribution >= 4 is 29.7 Å². The van der Waals surface area contributed by atoms with Gasteiger partial charge in [0, 0.05) is 24.3 Å². The summed E-state index contributed by atoms with van der Waals surface area (Å²) in [5.74, 6) is 1.10. The third-order valence-electron chi connectivity index (χ3n) is 5.15. The Morgan fingerprint density at radius 2 is 2.08 bits per heavy atom. The second-order valence-electron chi connectivity index (χ2n) is 6.65. The summed E-state index contributed by atoms with van der Waals surface area (Å²) >= 11 is 1.60. The first kappa shape index (κ1) is 16.2. The van der Waals surface area contributed by atoms with E-state index in [2.05, 4.69) is 6.07 Å². The molecule has 2 atom stereocenters. The average Bonchev–Trinajstić information content (AvgIpc) is 3.38. The van der Waals surface area contributed by atoms with E-state index < -0.39 is 6.04 Å². The van der Waals surface area contributed by atoms with Crippen LogP contribution in [-0.2, 0) is 16.0 Å². The van der Waals surface area contributed by atoms with Crippen LogP contribution in [-0.4, -0.2) is 51.9 Å². The van der Waals surface area contributed by atoms with Crippen molar-refractivity contribution in [2.75, 3.05) is 18.2 Å². The third-order valence-corrected chi connectivity index (χ3v) is 6.17. The number of rotatable bonds is 2. The Balaban J connectivity index is 1.51. The molecule has 2 aliphatic heterocycles. The maximum Gasteiger partial charge on any atom is 0.250 e. The van der Waals surface area contributed by atoms with Crippen molar-refractivity contribution < 1.29 is 9.59 Å². The van der Waals surface area contributed by atoms with Crippen LogP contribution < -0.4 is 0 Å². The normalized spacial score (nSPS) is 24.8. The number of benzene rings is 1. The Bertz CT molecular complexity index is 798. The van der Waals surface area contributed by atoms with Gasteiger partial charge in [0.1, 0.15) is 12.1 Å². The fourth-order valence-electron chi connectivity index (χ4n) is 3.83. The third kappa shape index (κ3) is 2.83. The largest absolute Gasteiger partial charge is 0.327 e. The van der Waals surface area contributed by atoms with E-state index in [1.807, 2.05) is 30.3 Å². The Morgan fingerprint density at radius 1 is 1.24 bits per heavy atom. The number of carbonyl (C=O) groups excluding carboxylic acids is 2. The Labute approximate surface area is 151 Å². The molecular formula is C19H19N3O2S. The molecule has 0 unspecified atom stereocenters. The van der Waals surface area contributed by atoms with Crippen LogP contribution >= 0.6 is 11.8 Å². The first-order valence-electron chi connectivity index (χ1n) is 8.56. The molecule has 0 saturated carbocycles. The van der Waals surface area contributed by atoms with Gasteiger partial charge in [0.05, 0.1) is 11.9 Å². The van der Waals surface area contributed by atoms with Crippen LogP contribution in [0.25, 0.3) is 6.08 Å². The highest BCUT2D eigenvalue weighted by Gasteiger charge is 2.41. The maximum atomic E-state index is 13.0. The lowest BCUT2D eigenvalue weighted by molar-refractivity contribution is -0.141. The minimum atomic E-state index is -0.424. The first-order chi connectivity index (χ1) is 12.2. The lowest BCUT2D eigenvalue weighted by Gasteiger charge is -2.29. The second-order valence-corrected chi connectivity index (χ2v) is 7.65. The summed E-state index contributed by atoms with van der Waals surface area (Å²) in [6.07, 6.45) is 4.10. The van der Waals surface area contributed by atoms with Gasteiger partial charge >= 0.3 is 0 Å². The molecular weight excluding hydrogens is 334 g/mol. The van der Waals surface area contributed by atoms with E-state index in [0.717, 1.165) is 23.1 Å². The van der Waals surface area contributed by atoms with Gasteiger partial charge in [0.15, 0.2) is 0 Å². The van der Waals surface area contributed by atoms with E-state index in [1.165, 1.54) is 0 Å². The van der Waals surface area contributed by atoms with Gasteiger partial charge in [0.25, 0.3) is 5.91 Å². The van der Waals surface area contributed by atoms with E-state index in [4.69, 9.17) is 0 Å². The molecule has 2 amide bonds. The predicted molar refractivity (Wildman–Crippen MR) is 96.4 cm³/mol. The molecule has 25 heavy (non-hydrogen) atoms. The zero-order valence-corrected chi connectivity index (χ0v) is 14.7. The standard InChI is InChI=1S/C19H19N3O2S/c20-10-16-11-25-12-22(16)19(24)17-6-3-7-21(17)18(23)15-8-13-4-1-2-5-14(13)9-15/h1-2,4-5,8,16-17H,3,6-7,9,11-12H2/t16-,17+/m1/s1. The smallest absolute Gasteiger partial charge is 0.250 e. The number of carbonyl (C=O) groups is 2. The number of nitriles is 1. The minimum Gasteiger partial charge on any atom is -0.327 e. The van der Waals surface area contributed by atoms with Gasteiger partial charge < -0.3 is 9.80 Å². The van der Waals surface area contributed by atoms with Gasteiger partial charge in [-0.3, -0.25) is 9.59 Å². The molecule has 0 bridgehead atoms. The van der Waals surface area contributed by atoms with Crippen molar-refractivity contribution in [3.8, 4) is 6.07 Å². The van der Waals surface area contributed by atoms with E-state index >= 15 is 0 Å². The summed E-state index contributed by atoms with van der Waals surface area (Å²) in [4.78, 5) is 29.3. The van der Waals surface area contributed by atoms with Crippen molar-refractivity contribution in [3.05, 3.63) is 41.0 Å². The number of nitrogens with zero attached hydrogens (tertiary/aromatic N) is 3. The minimum absolute atomic E-state index is 0.0348. The molecule has 2 fully saturated rings. The average molecular weight is 353 g/mol. The van der Waals surface area contributed by atoms with E-state index in [1.54, 1.807) is 21.6 Å². The van der Waals surface area contributed by atoms with Gasteiger partial charge in [-0.2, -0.15) is 5.26 Å². The van der Waals surface area contributed by atoms with Gasteiger partial charge in [-0.15, -0.1) is 11.8 Å². The highest BCUT2D eigenvalue weighted by atomic mass is 32.2. The zero-order chi connectivity index (χ0) is 17.4. The Kier molecular flexibility index (Phi) is 4.26. The Hall–Kier alpha value is -2.26. The van der Waals surface area contributed by atoms with Crippen molar-refractivity contribution in [1.29, 1.82) is 5.26 Å². The van der Waals surface area contributed by atoms with E-state index in [0.29, 0.717) is 31.0 Å². The molecule has 1 aliphatic carbocycles. The number of thioether (sulfide) groups is 1. The summed E-state index contributed by atoms with van der Waals surface area (Å²) in [7, 11) is 0. The molecule has 1 aromatic rings. The number of fused-ring (bicyclic) bond motifs is 1. The number of amides is 2. The summed E-state index contributed by atoms with van der Waals surface area (Å²) < 4.78 is 0. The van der Waals surface area contributed by atoms with Gasteiger partial charge in [-0.25, -0.2) is 0 Å². The van der Waals surface area contributed by atoms with Crippen LogP contribution in [0.15, 0.2) is 29.8 Å². The summed E-state index contributed by atoms with van der Waals surface area (Å²) in [6, 6.07) is 9.41. The lowest BCUT2D eigenvalue weighted by Crippen LogP contribution is -2.49. The SMILES string of the molecule is N#C[C@@H]1CSCN1C(=O)[C@@H]1CCCN1C(=O)C1=Cc2ccccc2C1. The molecule has 3 aliphatic rings. The molecule has 1 aromatic carbocycles. The molecule has 0 N–H and O–H groups in total. The van der Waals surface area contributed by atoms with E-state index in [-0.39, 0.29) is 17.9 Å². The number of hydrogen-bond acceptors (Lipinski definition) is 4. The van der Waals surface area contributed by atoms with Crippen LogP contribution in [0, 0.1) is 11.3 Å². The molecule has 0 aromatic heterocycles. The highest BCUT2D eigenvalue weighted by molar-refractivity contribution is 7.99. The topological polar surface area (TPSA) is 64.4 Å². The van der Waals surface area contributed by atoms with Gasteiger partial charge in [0.2, 0.25) is 5.91 Å². The monoisotopic (exact) mass is 353 g/mol. The molecule has 0 spiro atoms. The first-order valence-corrected chi connectivity index (χ1v) is 9.72. The maximum absolute atomic E-state index is 13.0. The van der Waals surface area contributed by atoms with Crippen LogP contribution in [0.4, 0.5) is 0 Å². The summed E-state index contributed by atoms with van der Waals surface area (Å²) in [5, 5.41) is 9.23. The highest BCUT2D eigenvalue weighted by Crippen LogP contribution is 2.30. The summed E-state index contributed by atoms with van der Waals surface area (Å²) in [6.45, 7) is 0.612. The van der Waals surface area contributed by atoms with Crippen LogP contribution in [0.3, 0.4) is 0 Å². The van der Waals surface area contributed by atoms with Crippen molar-refractivity contribution in [1.82, 2.24) is 9.80 Å². The van der Waals surface area contributed by atoms with Crippen LogP contribution in [0.5, 0.6) is 0 Å². The second kappa shape index (κ2) is 6.57. The number of likely N-dealkylation sites (tertiary alicyclic amines) is 1. The lowest BCUT2D eigenvalue weighted by atomic mass is 10.1. The zero-order valence-electron chi connectivity index (χ0n) is 13.9. The summed E-state index contributed by atoms with van der Waals surface area (Å²) in [5.41, 5.74) is 3.01. The molecule has 4 rings (SSSR count). The molecule has 0 radical (unpaired) electrons. The van der Waals surface area contributed by atoms with Crippen LogP contribution in [0.1, 0.15) is 24.0 Å². The molecule has 6 heteroatoms. The molecule has 128 valence electrons.